The van der Waals surface area contributed by atoms with Gasteiger partial charge in [0.05, 0.1) is 0 Å². The number of hydrogen-bond donors (Lipinski definition) is 1. The summed E-state index contributed by atoms with van der Waals surface area (Å²) in [5.41, 5.74) is 6.42. The molecule has 1 atom stereocenters. The van der Waals surface area contributed by atoms with Gasteiger partial charge in [-0.2, -0.15) is 18.2 Å². The zero-order valence-electron chi connectivity index (χ0n) is 8.52. The molecule has 0 aliphatic carbocycles. The van der Waals surface area contributed by atoms with Crippen molar-refractivity contribution in [3.05, 3.63) is 27.8 Å². The largest absolute Gasteiger partial charge is 0.471 e. The van der Waals surface area contributed by atoms with Crippen LogP contribution in [-0.4, -0.2) is 15.1 Å². The zero-order valence-corrected chi connectivity index (χ0v) is 9.34. The Morgan fingerprint density at radius 1 is 1.41 bits per heavy atom. The molecular formula is C8H7F3N4OS. The van der Waals surface area contributed by atoms with Gasteiger partial charge in [0.1, 0.15) is 11.0 Å². The summed E-state index contributed by atoms with van der Waals surface area (Å²) in [6.07, 6.45) is -4.66. The highest BCUT2D eigenvalue weighted by Crippen LogP contribution is 2.29. The lowest BCUT2D eigenvalue weighted by Gasteiger charge is -2.01. The molecular weight excluding hydrogens is 257 g/mol. The van der Waals surface area contributed by atoms with Crippen molar-refractivity contribution >= 4 is 11.3 Å². The number of halogens is 3. The van der Waals surface area contributed by atoms with Crippen LogP contribution in [0, 0.1) is 6.92 Å². The Morgan fingerprint density at radius 3 is 2.59 bits per heavy atom. The first-order chi connectivity index (χ1) is 7.88. The highest BCUT2D eigenvalue weighted by molar-refractivity contribution is 7.09. The second-order valence-electron chi connectivity index (χ2n) is 3.26. The van der Waals surface area contributed by atoms with E-state index in [4.69, 9.17) is 5.73 Å². The van der Waals surface area contributed by atoms with Gasteiger partial charge in [-0.1, -0.05) is 5.16 Å². The minimum absolute atomic E-state index is 0.230. The van der Waals surface area contributed by atoms with Gasteiger partial charge in [-0.15, -0.1) is 11.3 Å². The fourth-order valence-electron chi connectivity index (χ4n) is 1.10. The van der Waals surface area contributed by atoms with E-state index in [1.807, 2.05) is 0 Å². The SMILES string of the molecule is Cc1csc(C(N)c2noc(C(F)(F)F)n2)n1. The number of thiazole rings is 1. The van der Waals surface area contributed by atoms with Crippen molar-refractivity contribution in [3.63, 3.8) is 0 Å². The standard InChI is InChI=1S/C8H7F3N4OS/c1-3-2-17-6(13-3)4(12)5-14-7(16-15-5)8(9,10)11/h2,4H,12H2,1H3. The van der Waals surface area contributed by atoms with Gasteiger partial charge >= 0.3 is 12.1 Å². The van der Waals surface area contributed by atoms with E-state index in [9.17, 15) is 13.2 Å². The summed E-state index contributed by atoms with van der Waals surface area (Å²) in [7, 11) is 0. The summed E-state index contributed by atoms with van der Waals surface area (Å²) in [5, 5.41) is 5.38. The van der Waals surface area contributed by atoms with E-state index in [2.05, 4.69) is 19.6 Å². The van der Waals surface area contributed by atoms with Crippen LogP contribution in [0.25, 0.3) is 0 Å². The molecule has 9 heteroatoms. The Labute approximate surface area is 97.5 Å². The number of aryl methyl sites for hydroxylation is 1. The first-order valence-electron chi connectivity index (χ1n) is 4.46. The van der Waals surface area contributed by atoms with E-state index in [-0.39, 0.29) is 5.82 Å². The van der Waals surface area contributed by atoms with Crippen molar-refractivity contribution in [3.8, 4) is 0 Å². The van der Waals surface area contributed by atoms with Gasteiger partial charge in [0.2, 0.25) is 0 Å². The fourth-order valence-corrected chi connectivity index (χ4v) is 1.89. The molecule has 92 valence electrons. The molecule has 2 aromatic heterocycles. The van der Waals surface area contributed by atoms with Gasteiger partial charge in [-0.25, -0.2) is 4.98 Å². The number of nitrogens with two attached hydrogens (primary N) is 1. The molecule has 0 spiro atoms. The molecule has 0 radical (unpaired) electrons. The molecule has 2 heterocycles. The Bertz CT molecular complexity index is 521. The van der Waals surface area contributed by atoms with Crippen molar-refractivity contribution in [2.24, 2.45) is 5.73 Å². The van der Waals surface area contributed by atoms with Gasteiger partial charge < -0.3 is 10.3 Å². The van der Waals surface area contributed by atoms with Crippen LogP contribution < -0.4 is 5.73 Å². The lowest BCUT2D eigenvalue weighted by Crippen LogP contribution is -2.14. The lowest BCUT2D eigenvalue weighted by atomic mass is 10.3. The third-order valence-corrected chi connectivity index (χ3v) is 2.91. The molecule has 0 bridgehead atoms. The first-order valence-corrected chi connectivity index (χ1v) is 5.34. The molecule has 1 unspecified atom stereocenters. The van der Waals surface area contributed by atoms with Crippen LogP contribution in [0.5, 0.6) is 0 Å². The number of hydrogen-bond acceptors (Lipinski definition) is 6. The fraction of sp³-hybridized carbons (Fsp3) is 0.375. The van der Waals surface area contributed by atoms with Crippen molar-refractivity contribution in [1.29, 1.82) is 0 Å². The van der Waals surface area contributed by atoms with Crippen molar-refractivity contribution in [2.75, 3.05) is 0 Å². The summed E-state index contributed by atoms with van der Waals surface area (Å²) in [6.45, 7) is 1.75. The van der Waals surface area contributed by atoms with Gasteiger partial charge in [0, 0.05) is 11.1 Å². The molecule has 2 aromatic rings. The quantitative estimate of drug-likeness (QED) is 0.896. The van der Waals surface area contributed by atoms with E-state index >= 15 is 0 Å². The highest BCUT2D eigenvalue weighted by Gasteiger charge is 2.39. The minimum atomic E-state index is -4.66. The molecule has 0 aromatic carbocycles. The number of alkyl halides is 3. The molecule has 0 saturated heterocycles. The maximum Gasteiger partial charge on any atom is 0.471 e. The second kappa shape index (κ2) is 4.08. The summed E-state index contributed by atoms with van der Waals surface area (Å²) in [4.78, 5) is 7.25. The van der Waals surface area contributed by atoms with E-state index in [0.29, 0.717) is 5.01 Å². The summed E-state index contributed by atoms with van der Waals surface area (Å²) in [6, 6.07) is -0.909. The molecule has 0 aliphatic heterocycles. The lowest BCUT2D eigenvalue weighted by molar-refractivity contribution is -0.159. The molecule has 0 saturated carbocycles. The average molecular weight is 264 g/mol. The monoisotopic (exact) mass is 264 g/mol. The van der Waals surface area contributed by atoms with Crippen LogP contribution in [0.4, 0.5) is 13.2 Å². The van der Waals surface area contributed by atoms with Gasteiger partial charge in [0.15, 0.2) is 5.82 Å². The number of rotatable bonds is 2. The van der Waals surface area contributed by atoms with Gasteiger partial charge in [0.25, 0.3) is 0 Å². The van der Waals surface area contributed by atoms with E-state index in [0.717, 1.165) is 5.69 Å². The molecule has 0 aliphatic rings. The Kier molecular flexibility index (Phi) is 2.87. The third-order valence-electron chi connectivity index (χ3n) is 1.87. The molecule has 0 amide bonds. The smallest absolute Gasteiger partial charge is 0.329 e. The molecule has 2 rings (SSSR count). The second-order valence-corrected chi connectivity index (χ2v) is 4.15. The molecule has 17 heavy (non-hydrogen) atoms. The maximum atomic E-state index is 12.2. The summed E-state index contributed by atoms with van der Waals surface area (Å²) < 4.78 is 40.8. The first kappa shape index (κ1) is 12.0. The Hall–Kier alpha value is -1.48. The molecule has 5 nitrogen and oxygen atoms in total. The van der Waals surface area contributed by atoms with E-state index in [1.54, 1.807) is 12.3 Å². The number of nitrogens with zero attached hydrogens (tertiary/aromatic N) is 3. The van der Waals surface area contributed by atoms with E-state index in [1.165, 1.54) is 11.3 Å². The summed E-state index contributed by atoms with van der Waals surface area (Å²) in [5.74, 6) is -1.64. The number of aromatic nitrogens is 3. The third kappa shape index (κ3) is 2.44. The Balaban J connectivity index is 2.26. The van der Waals surface area contributed by atoms with Gasteiger partial charge in [-0.3, -0.25) is 0 Å². The Morgan fingerprint density at radius 2 is 2.12 bits per heavy atom. The van der Waals surface area contributed by atoms with Crippen molar-refractivity contribution < 1.29 is 17.7 Å². The topological polar surface area (TPSA) is 77.8 Å². The minimum Gasteiger partial charge on any atom is -0.329 e. The normalized spacial score (nSPS) is 13.9. The van der Waals surface area contributed by atoms with Crippen LogP contribution in [0.3, 0.4) is 0 Å². The van der Waals surface area contributed by atoms with Crippen LogP contribution in [0.15, 0.2) is 9.90 Å². The van der Waals surface area contributed by atoms with Crippen LogP contribution >= 0.6 is 11.3 Å². The van der Waals surface area contributed by atoms with Crippen molar-refractivity contribution in [2.45, 2.75) is 19.1 Å². The zero-order chi connectivity index (χ0) is 12.6. The molecule has 0 fully saturated rings. The van der Waals surface area contributed by atoms with Gasteiger partial charge in [-0.05, 0) is 6.92 Å². The highest BCUT2D eigenvalue weighted by atomic mass is 32.1. The van der Waals surface area contributed by atoms with Crippen LogP contribution in [-0.2, 0) is 6.18 Å². The maximum absolute atomic E-state index is 12.2. The molecule has 2 N–H and O–H groups in total. The predicted molar refractivity (Wildman–Crippen MR) is 52.2 cm³/mol. The van der Waals surface area contributed by atoms with Crippen LogP contribution in [0.2, 0.25) is 0 Å². The van der Waals surface area contributed by atoms with Crippen molar-refractivity contribution in [1.82, 2.24) is 15.1 Å². The average Bonchev–Trinajstić information content (AvgIpc) is 2.83. The summed E-state index contributed by atoms with van der Waals surface area (Å²) >= 11 is 1.23. The van der Waals surface area contributed by atoms with Crippen LogP contribution in [0.1, 0.15) is 28.5 Å². The predicted octanol–water partition coefficient (Wildman–Crippen LogP) is 1.90. The van der Waals surface area contributed by atoms with E-state index < -0.39 is 18.1 Å².